The van der Waals surface area contributed by atoms with Crippen LogP contribution in [0.3, 0.4) is 0 Å². The van der Waals surface area contributed by atoms with E-state index in [9.17, 15) is 13.2 Å². The molecule has 0 aliphatic rings. The van der Waals surface area contributed by atoms with Gasteiger partial charge in [0, 0.05) is 10.0 Å². The van der Waals surface area contributed by atoms with Crippen LogP contribution >= 0.6 is 34.8 Å². The summed E-state index contributed by atoms with van der Waals surface area (Å²) in [5, 5.41) is 3.51. The second kappa shape index (κ2) is 11.2. The molecule has 1 unspecified atom stereocenters. The van der Waals surface area contributed by atoms with Crippen LogP contribution in [0.2, 0.25) is 15.1 Å². The van der Waals surface area contributed by atoms with E-state index in [2.05, 4.69) is 10.0 Å². The van der Waals surface area contributed by atoms with Crippen molar-refractivity contribution in [1.29, 1.82) is 0 Å². The van der Waals surface area contributed by atoms with Crippen LogP contribution in [0.25, 0.3) is 0 Å². The van der Waals surface area contributed by atoms with E-state index in [1.165, 1.54) is 30.3 Å². The van der Waals surface area contributed by atoms with Crippen LogP contribution in [0.5, 0.6) is 5.75 Å². The first-order chi connectivity index (χ1) is 15.7. The number of halogens is 3. The first kappa shape index (κ1) is 25.3. The number of benzene rings is 3. The van der Waals surface area contributed by atoms with Crippen molar-refractivity contribution in [3.8, 4) is 5.75 Å². The molecule has 2 N–H and O–H groups in total. The van der Waals surface area contributed by atoms with Gasteiger partial charge in [0.25, 0.3) is 0 Å². The highest BCUT2D eigenvalue weighted by molar-refractivity contribution is 7.89. The van der Waals surface area contributed by atoms with E-state index in [0.29, 0.717) is 5.02 Å². The van der Waals surface area contributed by atoms with Crippen molar-refractivity contribution in [3.63, 3.8) is 0 Å². The summed E-state index contributed by atoms with van der Waals surface area (Å²) in [6.45, 7) is 1.99. The van der Waals surface area contributed by atoms with E-state index in [4.69, 9.17) is 39.5 Å². The lowest BCUT2D eigenvalue weighted by Crippen LogP contribution is -2.45. The standard InChI is InChI=1S/C23H21Cl3N2O4S/c1-2-32-21-11-9-17(25)14-22(21)33(30,31)28-20(12-15-6-4-3-5-7-15)23(29)27-19-13-16(24)8-10-18(19)26/h3-11,13-14,20,28H,2,12H2,1H3,(H,27,29). The van der Waals surface area contributed by atoms with Gasteiger partial charge in [0.05, 0.1) is 17.3 Å². The Balaban J connectivity index is 1.95. The molecule has 0 radical (unpaired) electrons. The smallest absolute Gasteiger partial charge is 0.245 e. The third-order valence-corrected chi connectivity index (χ3v) is 6.87. The molecule has 3 aromatic rings. The van der Waals surface area contributed by atoms with Crippen molar-refractivity contribution in [2.24, 2.45) is 0 Å². The molecular weight excluding hydrogens is 507 g/mol. The molecule has 3 rings (SSSR count). The highest BCUT2D eigenvalue weighted by Crippen LogP contribution is 2.29. The van der Waals surface area contributed by atoms with Gasteiger partial charge in [-0.05, 0) is 55.3 Å². The molecule has 6 nitrogen and oxygen atoms in total. The molecule has 0 heterocycles. The Labute approximate surface area is 207 Å². The Morgan fingerprint density at radius 1 is 0.970 bits per heavy atom. The number of amides is 1. The number of anilines is 1. The summed E-state index contributed by atoms with van der Waals surface area (Å²) >= 11 is 18.2. The number of sulfonamides is 1. The normalized spacial score (nSPS) is 12.2. The molecule has 33 heavy (non-hydrogen) atoms. The number of carbonyl (C=O) groups excluding carboxylic acids is 1. The molecule has 0 fully saturated rings. The van der Waals surface area contributed by atoms with Gasteiger partial charge in [0.15, 0.2) is 0 Å². The lowest BCUT2D eigenvalue weighted by atomic mass is 10.1. The van der Waals surface area contributed by atoms with E-state index in [-0.39, 0.29) is 39.4 Å². The maximum atomic E-state index is 13.3. The summed E-state index contributed by atoms with van der Waals surface area (Å²) in [5.74, 6) is -0.474. The summed E-state index contributed by atoms with van der Waals surface area (Å²) in [7, 11) is -4.19. The number of ether oxygens (including phenoxy) is 1. The molecule has 174 valence electrons. The van der Waals surface area contributed by atoms with Crippen molar-refractivity contribution in [3.05, 3.63) is 87.4 Å². The Kier molecular flexibility index (Phi) is 8.62. The second-order valence-electron chi connectivity index (χ2n) is 7.00. The van der Waals surface area contributed by atoms with E-state index >= 15 is 0 Å². The Morgan fingerprint density at radius 2 is 1.64 bits per heavy atom. The van der Waals surface area contributed by atoms with Crippen LogP contribution in [0.1, 0.15) is 12.5 Å². The topological polar surface area (TPSA) is 84.5 Å². The van der Waals surface area contributed by atoms with Gasteiger partial charge in [-0.3, -0.25) is 4.79 Å². The SMILES string of the molecule is CCOc1ccc(Cl)cc1S(=O)(=O)NC(Cc1ccccc1)C(=O)Nc1cc(Cl)ccc1Cl. The number of nitrogens with one attached hydrogen (secondary N) is 2. The lowest BCUT2D eigenvalue weighted by Gasteiger charge is -2.20. The van der Waals surface area contributed by atoms with Crippen LogP contribution in [-0.2, 0) is 21.2 Å². The highest BCUT2D eigenvalue weighted by Gasteiger charge is 2.29. The van der Waals surface area contributed by atoms with Gasteiger partial charge in [-0.25, -0.2) is 8.42 Å². The Morgan fingerprint density at radius 3 is 2.33 bits per heavy atom. The zero-order chi connectivity index (χ0) is 24.0. The van der Waals surface area contributed by atoms with Gasteiger partial charge in [-0.15, -0.1) is 0 Å². The molecule has 0 aliphatic heterocycles. The van der Waals surface area contributed by atoms with Crippen LogP contribution < -0.4 is 14.8 Å². The van der Waals surface area contributed by atoms with Gasteiger partial charge in [0.2, 0.25) is 15.9 Å². The molecule has 10 heteroatoms. The van der Waals surface area contributed by atoms with Gasteiger partial charge in [-0.2, -0.15) is 4.72 Å². The zero-order valence-electron chi connectivity index (χ0n) is 17.5. The predicted molar refractivity (Wildman–Crippen MR) is 132 cm³/mol. The van der Waals surface area contributed by atoms with Crippen LogP contribution in [0.15, 0.2) is 71.6 Å². The van der Waals surface area contributed by atoms with E-state index < -0.39 is 22.0 Å². The third kappa shape index (κ3) is 6.85. The van der Waals surface area contributed by atoms with Gasteiger partial charge in [0.1, 0.15) is 16.7 Å². The van der Waals surface area contributed by atoms with Crippen molar-refractivity contribution in [2.75, 3.05) is 11.9 Å². The van der Waals surface area contributed by atoms with Crippen molar-refractivity contribution in [1.82, 2.24) is 4.72 Å². The molecule has 0 bridgehead atoms. The number of rotatable bonds is 9. The molecule has 1 amide bonds. The maximum Gasteiger partial charge on any atom is 0.245 e. The molecule has 1 atom stereocenters. The molecule has 0 saturated carbocycles. The maximum absolute atomic E-state index is 13.3. The van der Waals surface area contributed by atoms with Gasteiger partial charge >= 0.3 is 0 Å². The minimum Gasteiger partial charge on any atom is -0.492 e. The highest BCUT2D eigenvalue weighted by atomic mass is 35.5. The number of hydrogen-bond acceptors (Lipinski definition) is 4. The minimum absolute atomic E-state index is 0.0919. The molecule has 0 aliphatic carbocycles. The summed E-state index contributed by atoms with van der Waals surface area (Å²) in [5.41, 5.74) is 1.03. The summed E-state index contributed by atoms with van der Waals surface area (Å²) in [6.07, 6.45) is 0.0919. The lowest BCUT2D eigenvalue weighted by molar-refractivity contribution is -0.117. The average Bonchev–Trinajstić information content (AvgIpc) is 2.77. The van der Waals surface area contributed by atoms with E-state index in [1.54, 1.807) is 37.3 Å². The fourth-order valence-electron chi connectivity index (χ4n) is 3.07. The van der Waals surface area contributed by atoms with Gasteiger partial charge < -0.3 is 10.1 Å². The molecular formula is C23H21Cl3N2O4S. The van der Waals surface area contributed by atoms with Crippen LogP contribution in [0.4, 0.5) is 5.69 Å². The summed E-state index contributed by atoms with van der Waals surface area (Å²) < 4.78 is 34.5. The van der Waals surface area contributed by atoms with Crippen LogP contribution in [0, 0.1) is 0 Å². The third-order valence-electron chi connectivity index (χ3n) is 4.58. The minimum atomic E-state index is -4.19. The molecule has 0 saturated heterocycles. The van der Waals surface area contributed by atoms with Crippen molar-refractivity contribution in [2.45, 2.75) is 24.3 Å². The summed E-state index contributed by atoms with van der Waals surface area (Å²) in [4.78, 5) is 13.0. The van der Waals surface area contributed by atoms with E-state index in [1.807, 2.05) is 6.07 Å². The largest absolute Gasteiger partial charge is 0.492 e. The quantitative estimate of drug-likeness (QED) is 0.381. The first-order valence-electron chi connectivity index (χ1n) is 9.94. The molecule has 0 aromatic heterocycles. The van der Waals surface area contributed by atoms with Crippen molar-refractivity contribution < 1.29 is 17.9 Å². The Bertz CT molecular complexity index is 1240. The van der Waals surface area contributed by atoms with Crippen LogP contribution in [-0.4, -0.2) is 27.0 Å². The molecule has 3 aromatic carbocycles. The fourth-order valence-corrected chi connectivity index (χ4v) is 5.01. The number of hydrogen-bond donors (Lipinski definition) is 2. The fraction of sp³-hybridized carbons (Fsp3) is 0.174. The molecule has 0 spiro atoms. The average molecular weight is 528 g/mol. The van der Waals surface area contributed by atoms with Crippen molar-refractivity contribution >= 4 is 56.4 Å². The van der Waals surface area contributed by atoms with Gasteiger partial charge in [-0.1, -0.05) is 65.1 Å². The monoisotopic (exact) mass is 526 g/mol. The first-order valence-corrected chi connectivity index (χ1v) is 12.6. The summed E-state index contributed by atoms with van der Waals surface area (Å²) in [6, 6.07) is 16.7. The van der Waals surface area contributed by atoms with E-state index in [0.717, 1.165) is 5.56 Å². The zero-order valence-corrected chi connectivity index (χ0v) is 20.6. The number of carbonyl (C=O) groups is 1. The Hall–Kier alpha value is -2.29. The predicted octanol–water partition coefficient (Wildman–Crippen LogP) is 5.57. The second-order valence-corrected chi connectivity index (χ2v) is 9.96.